The van der Waals surface area contributed by atoms with Crippen LogP contribution in [0.25, 0.3) is 0 Å². The van der Waals surface area contributed by atoms with Gasteiger partial charge in [0.15, 0.2) is 5.82 Å². The Balaban J connectivity index is 1.78. The highest BCUT2D eigenvalue weighted by atomic mass is 16.5. The fraction of sp³-hybridized carbons (Fsp3) is 0.800. The van der Waals surface area contributed by atoms with E-state index in [2.05, 4.69) is 10.1 Å². The number of aliphatic hydroxyl groups excluding tert-OH is 1. The first-order valence-electron chi connectivity index (χ1n) is 5.31. The van der Waals surface area contributed by atoms with Crippen molar-refractivity contribution in [3.63, 3.8) is 0 Å². The molecular weight excluding hydrogens is 194 g/mol. The summed E-state index contributed by atoms with van der Waals surface area (Å²) in [5, 5.41) is 13.6. The fourth-order valence-electron chi connectivity index (χ4n) is 1.66. The van der Waals surface area contributed by atoms with Crippen molar-refractivity contribution in [1.29, 1.82) is 0 Å². The van der Waals surface area contributed by atoms with E-state index in [1.165, 1.54) is 0 Å². The monoisotopic (exact) mass is 211 g/mol. The van der Waals surface area contributed by atoms with Crippen molar-refractivity contribution in [3.8, 4) is 0 Å². The molecule has 0 radical (unpaired) electrons. The molecule has 0 amide bonds. The van der Waals surface area contributed by atoms with Crippen LogP contribution in [0.5, 0.6) is 0 Å². The Morgan fingerprint density at radius 3 is 2.87 bits per heavy atom. The van der Waals surface area contributed by atoms with Crippen LogP contribution >= 0.6 is 0 Å². The number of aryl methyl sites for hydroxylation is 1. The van der Waals surface area contributed by atoms with Gasteiger partial charge in [-0.05, 0) is 25.8 Å². The summed E-state index contributed by atoms with van der Waals surface area (Å²) in [5.41, 5.74) is 0. The molecule has 2 rings (SSSR count). The normalized spacial score (nSPS) is 18.4. The van der Waals surface area contributed by atoms with Gasteiger partial charge in [-0.2, -0.15) is 4.98 Å². The maximum Gasteiger partial charge on any atom is 0.223 e. The first kappa shape index (κ1) is 10.6. The Kier molecular flexibility index (Phi) is 3.02. The van der Waals surface area contributed by atoms with E-state index in [1.54, 1.807) is 6.92 Å². The Hall–Kier alpha value is -0.940. The maximum absolute atomic E-state index is 9.74. The molecule has 5 nitrogen and oxygen atoms in total. The van der Waals surface area contributed by atoms with E-state index in [0.29, 0.717) is 30.7 Å². The summed E-state index contributed by atoms with van der Waals surface area (Å²) in [4.78, 5) is 6.14. The summed E-state index contributed by atoms with van der Waals surface area (Å²) < 4.78 is 4.88. The number of nitrogens with zero attached hydrogens (tertiary/aromatic N) is 3. The Bertz CT molecular complexity index is 322. The summed E-state index contributed by atoms with van der Waals surface area (Å²) >= 11 is 0. The lowest BCUT2D eigenvalue weighted by atomic mass is 10.2. The van der Waals surface area contributed by atoms with Gasteiger partial charge in [-0.3, -0.25) is 4.90 Å². The molecule has 5 heteroatoms. The topological polar surface area (TPSA) is 62.4 Å². The molecule has 0 spiro atoms. The van der Waals surface area contributed by atoms with Crippen LogP contribution in [0, 0.1) is 12.8 Å². The highest BCUT2D eigenvalue weighted by molar-refractivity contribution is 4.86. The van der Waals surface area contributed by atoms with Gasteiger partial charge < -0.3 is 9.63 Å². The Morgan fingerprint density at radius 2 is 2.33 bits per heavy atom. The second-order valence-electron chi connectivity index (χ2n) is 4.33. The van der Waals surface area contributed by atoms with Gasteiger partial charge >= 0.3 is 0 Å². The molecule has 1 unspecified atom stereocenters. The molecule has 1 atom stereocenters. The van der Waals surface area contributed by atoms with E-state index in [-0.39, 0.29) is 6.10 Å². The quantitative estimate of drug-likeness (QED) is 0.772. The van der Waals surface area contributed by atoms with E-state index in [9.17, 15) is 5.11 Å². The van der Waals surface area contributed by atoms with Crippen LogP contribution in [-0.2, 0) is 6.54 Å². The van der Waals surface area contributed by atoms with Crippen molar-refractivity contribution in [3.05, 3.63) is 11.7 Å². The first-order chi connectivity index (χ1) is 7.15. The largest absolute Gasteiger partial charge is 0.392 e. The van der Waals surface area contributed by atoms with Gasteiger partial charge in [0, 0.05) is 13.5 Å². The molecule has 84 valence electrons. The van der Waals surface area contributed by atoms with Gasteiger partial charge in [-0.1, -0.05) is 5.16 Å². The third-order valence-electron chi connectivity index (χ3n) is 2.65. The number of likely N-dealkylation sites (N-methyl/N-ethyl adjacent to an activating group) is 1. The van der Waals surface area contributed by atoms with E-state index < -0.39 is 0 Å². The summed E-state index contributed by atoms with van der Waals surface area (Å²) in [6.07, 6.45) is 2.12. The number of aliphatic hydroxyl groups is 1. The molecule has 1 aromatic heterocycles. The summed E-state index contributed by atoms with van der Waals surface area (Å²) in [7, 11) is 1.96. The molecule has 1 aliphatic carbocycles. The van der Waals surface area contributed by atoms with E-state index >= 15 is 0 Å². The zero-order chi connectivity index (χ0) is 10.8. The van der Waals surface area contributed by atoms with E-state index in [1.807, 2.05) is 11.9 Å². The van der Waals surface area contributed by atoms with Gasteiger partial charge in [0.25, 0.3) is 0 Å². The van der Waals surface area contributed by atoms with Crippen molar-refractivity contribution < 1.29 is 9.63 Å². The minimum Gasteiger partial charge on any atom is -0.392 e. The molecule has 1 N–H and O–H groups in total. The van der Waals surface area contributed by atoms with Crippen molar-refractivity contribution in [2.75, 3.05) is 13.6 Å². The summed E-state index contributed by atoms with van der Waals surface area (Å²) in [6, 6.07) is 0. The van der Waals surface area contributed by atoms with Crippen LogP contribution in [0.1, 0.15) is 24.6 Å². The van der Waals surface area contributed by atoms with Gasteiger partial charge in [0.05, 0.1) is 12.6 Å². The average Bonchev–Trinajstić information content (AvgIpc) is 2.92. The highest BCUT2D eigenvalue weighted by Gasteiger charge is 2.30. The standard InChI is InChI=1S/C10H17N3O2/c1-7-11-10(12-15-7)6-13(2)5-9(14)8-3-4-8/h8-9,14H,3-6H2,1-2H3. The number of hydrogen-bond acceptors (Lipinski definition) is 5. The van der Waals surface area contributed by atoms with Crippen LogP contribution in [0.2, 0.25) is 0 Å². The Morgan fingerprint density at radius 1 is 1.60 bits per heavy atom. The molecule has 1 aromatic rings. The van der Waals surface area contributed by atoms with Gasteiger partial charge in [0.2, 0.25) is 5.89 Å². The molecular formula is C10H17N3O2. The molecule has 0 saturated heterocycles. The minimum atomic E-state index is -0.206. The lowest BCUT2D eigenvalue weighted by molar-refractivity contribution is 0.103. The SMILES string of the molecule is Cc1nc(CN(C)CC(O)C2CC2)no1. The van der Waals surface area contributed by atoms with Crippen LogP contribution in [-0.4, -0.2) is 39.8 Å². The van der Waals surface area contributed by atoms with Crippen LogP contribution in [0.3, 0.4) is 0 Å². The molecule has 0 aromatic carbocycles. The molecule has 1 heterocycles. The second kappa shape index (κ2) is 4.28. The number of rotatable bonds is 5. The van der Waals surface area contributed by atoms with Gasteiger partial charge in [0.1, 0.15) is 0 Å². The fourth-order valence-corrected chi connectivity index (χ4v) is 1.66. The first-order valence-corrected chi connectivity index (χ1v) is 5.31. The van der Waals surface area contributed by atoms with Crippen molar-refractivity contribution >= 4 is 0 Å². The van der Waals surface area contributed by atoms with E-state index in [0.717, 1.165) is 12.8 Å². The lowest BCUT2D eigenvalue weighted by Gasteiger charge is -2.18. The van der Waals surface area contributed by atoms with Gasteiger partial charge in [-0.15, -0.1) is 0 Å². The number of hydrogen-bond donors (Lipinski definition) is 1. The third kappa shape index (κ3) is 3.00. The van der Waals surface area contributed by atoms with E-state index in [4.69, 9.17) is 4.52 Å². The maximum atomic E-state index is 9.74. The molecule has 1 fully saturated rings. The zero-order valence-electron chi connectivity index (χ0n) is 9.18. The third-order valence-corrected chi connectivity index (χ3v) is 2.65. The average molecular weight is 211 g/mol. The molecule has 15 heavy (non-hydrogen) atoms. The highest BCUT2D eigenvalue weighted by Crippen LogP contribution is 2.32. The Labute approximate surface area is 89.1 Å². The molecule has 0 bridgehead atoms. The van der Waals surface area contributed by atoms with Crippen molar-refractivity contribution in [2.45, 2.75) is 32.4 Å². The molecule has 1 aliphatic rings. The van der Waals surface area contributed by atoms with Gasteiger partial charge in [-0.25, -0.2) is 0 Å². The van der Waals surface area contributed by atoms with Crippen LogP contribution in [0.15, 0.2) is 4.52 Å². The van der Waals surface area contributed by atoms with Crippen LogP contribution in [0.4, 0.5) is 0 Å². The predicted octanol–water partition coefficient (Wildman–Crippen LogP) is 0.581. The lowest BCUT2D eigenvalue weighted by Crippen LogP contribution is -2.30. The summed E-state index contributed by atoms with van der Waals surface area (Å²) in [5.74, 6) is 1.78. The molecule has 1 saturated carbocycles. The number of aromatic nitrogens is 2. The van der Waals surface area contributed by atoms with Crippen molar-refractivity contribution in [2.24, 2.45) is 5.92 Å². The smallest absolute Gasteiger partial charge is 0.223 e. The summed E-state index contributed by atoms with van der Waals surface area (Å²) in [6.45, 7) is 3.08. The van der Waals surface area contributed by atoms with Crippen LogP contribution < -0.4 is 0 Å². The predicted molar refractivity (Wildman–Crippen MR) is 54.1 cm³/mol. The minimum absolute atomic E-state index is 0.206. The zero-order valence-corrected chi connectivity index (χ0v) is 9.18. The van der Waals surface area contributed by atoms with Crippen molar-refractivity contribution in [1.82, 2.24) is 15.0 Å². The second-order valence-corrected chi connectivity index (χ2v) is 4.33. The molecule has 0 aliphatic heterocycles.